The summed E-state index contributed by atoms with van der Waals surface area (Å²) in [5.74, 6) is -0.238. The van der Waals surface area contributed by atoms with E-state index in [9.17, 15) is 31.9 Å². The van der Waals surface area contributed by atoms with Crippen molar-refractivity contribution in [3.63, 3.8) is 0 Å². The van der Waals surface area contributed by atoms with Gasteiger partial charge in [0, 0.05) is 19.2 Å². The molecule has 2 aromatic rings. The molecule has 0 atom stereocenters. The van der Waals surface area contributed by atoms with Crippen LogP contribution >= 0.6 is 0 Å². The number of hydrogen-bond donors (Lipinski definition) is 2. The Kier molecular flexibility index (Phi) is 8.74. The number of imidazole rings is 1. The molecule has 0 saturated heterocycles. The number of nitrogens with one attached hydrogen (secondary N) is 1. The number of carbonyl (C=O) groups excluding carboxylic acids is 1. The second kappa shape index (κ2) is 11.2. The van der Waals surface area contributed by atoms with Gasteiger partial charge in [-0.1, -0.05) is 27.7 Å². The maximum atomic E-state index is 13.4. The van der Waals surface area contributed by atoms with Crippen LogP contribution < -0.4 is 10.1 Å². The van der Waals surface area contributed by atoms with E-state index in [1.54, 1.807) is 13.8 Å². The Bertz CT molecular complexity index is 1140. The number of carbonyl (C=O) groups is 1. The first-order valence-electron chi connectivity index (χ1n) is 12.7. The molecule has 7 nitrogen and oxygen atoms in total. The Morgan fingerprint density at radius 1 is 1.29 bits per heavy atom. The predicted octanol–water partition coefficient (Wildman–Crippen LogP) is 5.54. The number of aliphatic hydroxyl groups is 1. The fourth-order valence-corrected chi connectivity index (χ4v) is 4.63. The zero-order valence-electron chi connectivity index (χ0n) is 22.3. The van der Waals surface area contributed by atoms with Gasteiger partial charge in [-0.05, 0) is 56.6 Å². The zero-order chi connectivity index (χ0) is 28.5. The van der Waals surface area contributed by atoms with Crippen LogP contribution in [-0.4, -0.2) is 50.5 Å². The lowest BCUT2D eigenvalue weighted by atomic mass is 9.79. The summed E-state index contributed by atoms with van der Waals surface area (Å²) >= 11 is 0. The summed E-state index contributed by atoms with van der Waals surface area (Å²) in [7, 11) is 0. The molecule has 2 N–H and O–H groups in total. The lowest BCUT2D eigenvalue weighted by Crippen LogP contribution is -2.45. The van der Waals surface area contributed by atoms with Crippen molar-refractivity contribution in [2.24, 2.45) is 11.3 Å². The van der Waals surface area contributed by atoms with Crippen molar-refractivity contribution in [3.8, 4) is 11.6 Å². The number of rotatable bonds is 9. The summed E-state index contributed by atoms with van der Waals surface area (Å²) < 4.78 is 72.8. The topological polar surface area (TPSA) is 89.3 Å². The molecule has 0 aromatic carbocycles. The molecule has 0 aliphatic heterocycles. The van der Waals surface area contributed by atoms with Gasteiger partial charge in [0.2, 0.25) is 0 Å². The summed E-state index contributed by atoms with van der Waals surface area (Å²) in [6.07, 6.45) is -0.688. The van der Waals surface area contributed by atoms with Crippen molar-refractivity contribution in [1.29, 1.82) is 0 Å². The zero-order valence-corrected chi connectivity index (χ0v) is 22.3. The number of hydrogen-bond acceptors (Lipinski definition) is 5. The van der Waals surface area contributed by atoms with Crippen LogP contribution in [0, 0.1) is 18.3 Å². The molecule has 212 valence electrons. The fraction of sp³-hybridized carbons (Fsp3) is 0.654. The minimum Gasteiger partial charge on any atom is -0.431 e. The maximum Gasteiger partial charge on any atom is 0.394 e. The van der Waals surface area contributed by atoms with Gasteiger partial charge in [-0.15, -0.1) is 0 Å². The van der Waals surface area contributed by atoms with E-state index in [1.807, 2.05) is 0 Å². The van der Waals surface area contributed by atoms with E-state index in [-0.39, 0.29) is 23.6 Å². The predicted molar refractivity (Wildman–Crippen MR) is 131 cm³/mol. The van der Waals surface area contributed by atoms with Crippen LogP contribution in [-0.2, 0) is 12.8 Å². The summed E-state index contributed by atoms with van der Waals surface area (Å²) in [5, 5.41) is 13.5. The molecule has 1 amide bonds. The first kappa shape index (κ1) is 29.8. The van der Waals surface area contributed by atoms with Gasteiger partial charge in [-0.2, -0.15) is 22.0 Å². The van der Waals surface area contributed by atoms with Crippen molar-refractivity contribution >= 4 is 5.91 Å². The summed E-state index contributed by atoms with van der Waals surface area (Å²) in [5.41, 5.74) is -2.74. The molecule has 2 aromatic heterocycles. The second-order valence-corrected chi connectivity index (χ2v) is 10.8. The lowest BCUT2D eigenvalue weighted by molar-refractivity contribution is -0.211. The molecular weight excluding hydrogens is 511 g/mol. The maximum absolute atomic E-state index is 13.4. The van der Waals surface area contributed by atoms with Crippen molar-refractivity contribution < 1.29 is 36.6 Å². The van der Waals surface area contributed by atoms with Gasteiger partial charge >= 0.3 is 12.8 Å². The normalized spacial score (nSPS) is 20.6. The number of pyridine rings is 1. The average molecular weight is 547 g/mol. The third-order valence-electron chi connectivity index (χ3n) is 7.22. The fourth-order valence-electron chi connectivity index (χ4n) is 4.63. The standard InChI is InChI=1S/C26H35F5N4O3/c1-6-19-34-20(22(36)33-14-25(37)9-7-15(2)8-10-25)16(3)35(19)21-18(38-23(27)28)11-17(13-32-21)12-24(4,5)26(29,30)31/h11,13,15,23,37H,6-10,12,14H2,1-5H3,(H,33,36). The Morgan fingerprint density at radius 2 is 1.92 bits per heavy atom. The first-order chi connectivity index (χ1) is 17.6. The quantitative estimate of drug-likeness (QED) is 0.403. The van der Waals surface area contributed by atoms with Crippen LogP contribution in [0.5, 0.6) is 5.75 Å². The van der Waals surface area contributed by atoms with E-state index in [0.29, 0.717) is 36.7 Å². The minimum atomic E-state index is -4.52. The number of aromatic nitrogens is 3. The molecule has 1 aliphatic carbocycles. The average Bonchev–Trinajstić information content (AvgIpc) is 3.15. The molecule has 2 heterocycles. The van der Waals surface area contributed by atoms with Crippen LogP contribution in [0.2, 0.25) is 0 Å². The van der Waals surface area contributed by atoms with Gasteiger partial charge in [0.05, 0.1) is 16.7 Å². The van der Waals surface area contributed by atoms with Crippen molar-refractivity contribution in [1.82, 2.24) is 19.9 Å². The highest BCUT2D eigenvalue weighted by atomic mass is 19.4. The highest BCUT2D eigenvalue weighted by molar-refractivity contribution is 5.93. The van der Waals surface area contributed by atoms with Crippen LogP contribution in [0.4, 0.5) is 22.0 Å². The van der Waals surface area contributed by atoms with E-state index >= 15 is 0 Å². The highest BCUT2D eigenvalue weighted by Gasteiger charge is 2.47. The highest BCUT2D eigenvalue weighted by Crippen LogP contribution is 2.41. The second-order valence-electron chi connectivity index (χ2n) is 10.8. The third-order valence-corrected chi connectivity index (χ3v) is 7.22. The lowest BCUT2D eigenvalue weighted by Gasteiger charge is -2.34. The molecule has 0 unspecified atom stereocenters. The molecule has 12 heteroatoms. The smallest absolute Gasteiger partial charge is 0.394 e. The van der Waals surface area contributed by atoms with Gasteiger partial charge in [-0.3, -0.25) is 9.36 Å². The van der Waals surface area contributed by atoms with Gasteiger partial charge in [0.15, 0.2) is 11.6 Å². The van der Waals surface area contributed by atoms with Gasteiger partial charge in [-0.25, -0.2) is 9.97 Å². The first-order valence-corrected chi connectivity index (χ1v) is 12.7. The Morgan fingerprint density at radius 3 is 2.47 bits per heavy atom. The summed E-state index contributed by atoms with van der Waals surface area (Å²) in [6.45, 7) is 4.25. The molecule has 3 rings (SSSR count). The number of ether oxygens (including phenoxy) is 1. The Balaban J connectivity index is 1.93. The van der Waals surface area contributed by atoms with E-state index in [2.05, 4.69) is 26.9 Å². The van der Waals surface area contributed by atoms with Crippen LogP contribution in [0.15, 0.2) is 12.3 Å². The number of amides is 1. The van der Waals surface area contributed by atoms with E-state index < -0.39 is 41.9 Å². The van der Waals surface area contributed by atoms with Crippen LogP contribution in [0.1, 0.15) is 80.9 Å². The molecule has 1 fully saturated rings. The molecular formula is C26H35F5N4O3. The minimum absolute atomic E-state index is 0.0294. The molecule has 1 aliphatic rings. The molecule has 1 saturated carbocycles. The van der Waals surface area contributed by atoms with Gasteiger partial charge in [0.1, 0.15) is 11.5 Å². The van der Waals surface area contributed by atoms with E-state index in [1.165, 1.54) is 10.8 Å². The summed E-state index contributed by atoms with van der Waals surface area (Å²) in [4.78, 5) is 21.6. The molecule has 38 heavy (non-hydrogen) atoms. The van der Waals surface area contributed by atoms with Gasteiger partial charge in [0.25, 0.3) is 5.91 Å². The molecule has 0 radical (unpaired) electrons. The largest absolute Gasteiger partial charge is 0.431 e. The number of nitrogens with zero attached hydrogens (tertiary/aromatic N) is 3. The van der Waals surface area contributed by atoms with E-state index in [4.69, 9.17) is 0 Å². The number of halogens is 5. The summed E-state index contributed by atoms with van der Waals surface area (Å²) in [6, 6.07) is 1.11. The third kappa shape index (κ3) is 6.62. The SMILES string of the molecule is CCc1nc(C(=O)NCC2(O)CCC(C)CC2)c(C)n1-c1ncc(CC(C)(C)C(F)(F)F)cc1OC(F)F. The number of alkyl halides is 5. The van der Waals surface area contributed by atoms with Crippen LogP contribution in [0.3, 0.4) is 0 Å². The van der Waals surface area contributed by atoms with Gasteiger partial charge < -0.3 is 15.2 Å². The van der Waals surface area contributed by atoms with Crippen LogP contribution in [0.25, 0.3) is 5.82 Å². The monoisotopic (exact) mass is 546 g/mol. The Labute approximate surface area is 218 Å². The van der Waals surface area contributed by atoms with E-state index in [0.717, 1.165) is 32.8 Å². The number of aryl methyl sites for hydroxylation is 1. The van der Waals surface area contributed by atoms with Crippen molar-refractivity contribution in [2.75, 3.05) is 6.54 Å². The van der Waals surface area contributed by atoms with Crippen molar-refractivity contribution in [2.45, 2.75) is 91.5 Å². The molecule has 0 bridgehead atoms. The molecule has 0 spiro atoms. The Hall–Kier alpha value is -2.76. The van der Waals surface area contributed by atoms with Crippen molar-refractivity contribution in [3.05, 3.63) is 35.0 Å².